The predicted molar refractivity (Wildman–Crippen MR) is 172 cm³/mol. The van der Waals surface area contributed by atoms with Gasteiger partial charge in [0, 0.05) is 45.0 Å². The average Bonchev–Trinajstić information content (AvgIpc) is 3.35. The fourth-order valence-electron chi connectivity index (χ4n) is 8.13. The Labute approximate surface area is 271 Å². The first-order valence-corrected chi connectivity index (χ1v) is 16.8. The van der Waals surface area contributed by atoms with E-state index in [9.17, 15) is 19.5 Å². The first-order valence-electron chi connectivity index (χ1n) is 16.8. The molecule has 3 saturated heterocycles. The maximum atomic E-state index is 14.8. The Morgan fingerprint density at radius 3 is 2.30 bits per heavy atom. The number of nitrogens with zero attached hydrogens (tertiary/aromatic N) is 4. The van der Waals surface area contributed by atoms with Gasteiger partial charge in [-0.05, 0) is 43.5 Å². The molecular formula is C35H48N4O7. The summed E-state index contributed by atoms with van der Waals surface area (Å²) in [6.45, 7) is 12.8. The summed E-state index contributed by atoms with van der Waals surface area (Å²) >= 11 is 0. The van der Waals surface area contributed by atoms with Crippen LogP contribution in [0.1, 0.15) is 34.1 Å². The van der Waals surface area contributed by atoms with Gasteiger partial charge in [-0.25, -0.2) is 0 Å². The van der Waals surface area contributed by atoms with Crippen molar-refractivity contribution in [3.8, 4) is 5.75 Å². The Bertz CT molecular complexity index is 1360. The van der Waals surface area contributed by atoms with Crippen molar-refractivity contribution in [2.45, 2.75) is 57.4 Å². The van der Waals surface area contributed by atoms with Gasteiger partial charge in [0.25, 0.3) is 0 Å². The van der Waals surface area contributed by atoms with Crippen molar-refractivity contribution in [2.75, 3.05) is 70.6 Å². The maximum absolute atomic E-state index is 14.8. The molecule has 11 nitrogen and oxygen atoms in total. The Morgan fingerprint density at radius 1 is 0.935 bits per heavy atom. The van der Waals surface area contributed by atoms with Crippen molar-refractivity contribution in [1.82, 2.24) is 14.7 Å². The molecule has 1 aromatic rings. The zero-order chi connectivity index (χ0) is 32.6. The van der Waals surface area contributed by atoms with Gasteiger partial charge < -0.3 is 34.0 Å². The normalized spacial score (nSPS) is 32.0. The Kier molecular flexibility index (Phi) is 9.31. The number of anilines is 1. The lowest BCUT2D eigenvalue weighted by Crippen LogP contribution is -2.60. The summed E-state index contributed by atoms with van der Waals surface area (Å²) in [6, 6.07) is 5.76. The second-order valence-electron chi connectivity index (χ2n) is 13.3. The van der Waals surface area contributed by atoms with Crippen LogP contribution in [-0.2, 0) is 23.9 Å². The second-order valence-corrected chi connectivity index (χ2v) is 13.3. The highest BCUT2D eigenvalue weighted by Crippen LogP contribution is 2.59. The fourth-order valence-corrected chi connectivity index (χ4v) is 8.13. The number of carbonyl (C=O) groups is 3. The highest BCUT2D eigenvalue weighted by atomic mass is 16.5. The molecule has 5 aliphatic heterocycles. The third kappa shape index (κ3) is 5.35. The van der Waals surface area contributed by atoms with E-state index in [1.807, 2.05) is 76.3 Å². The van der Waals surface area contributed by atoms with Crippen molar-refractivity contribution in [3.05, 3.63) is 48.6 Å². The first-order chi connectivity index (χ1) is 22.2. The smallest absolute Gasteiger partial charge is 0.249 e. The molecule has 6 atom stereocenters. The van der Waals surface area contributed by atoms with Gasteiger partial charge in [0.15, 0.2) is 0 Å². The molecule has 0 aromatic heterocycles. The summed E-state index contributed by atoms with van der Waals surface area (Å²) in [5.74, 6) is -1.98. The van der Waals surface area contributed by atoms with Crippen molar-refractivity contribution in [1.29, 1.82) is 0 Å². The Morgan fingerprint density at radius 2 is 1.65 bits per heavy atom. The Hall–Kier alpha value is -3.25. The molecule has 46 heavy (non-hydrogen) atoms. The summed E-state index contributed by atoms with van der Waals surface area (Å²) in [5, 5.41) is 10.6. The summed E-state index contributed by atoms with van der Waals surface area (Å²) in [6.07, 6.45) is 8.14. The molecular weight excluding hydrogens is 588 g/mol. The number of ether oxygens (including phenoxy) is 3. The summed E-state index contributed by atoms with van der Waals surface area (Å²) in [4.78, 5) is 51.7. The number of hydrogen-bond donors (Lipinski definition) is 1. The standard InChI is InChI=1S/C35H48N4O7/c1-5-34-13-7-16-38(25-9-11-26(12-10-25)45-6-2)31(41)28(34)29-32(42)39(27(23-40)24(3)4)30-33(43)37(15-8-14-35(29,30)46-34)18-17-36-19-21-44-22-20-36/h7-14,24,27-30,40H,5-6,15-23H2,1-4H3/t27-,28+,29-,30?,34-,35-/m0/s1. The highest BCUT2D eigenvalue weighted by molar-refractivity contribution is 6.04. The number of rotatable bonds is 10. The molecule has 3 fully saturated rings. The molecule has 11 heteroatoms. The topological polar surface area (TPSA) is 112 Å². The van der Waals surface area contributed by atoms with Crippen LogP contribution >= 0.6 is 0 Å². The van der Waals surface area contributed by atoms with Gasteiger partial charge in [0.1, 0.15) is 17.4 Å². The number of fused-ring (bicyclic) bond motifs is 2. The van der Waals surface area contributed by atoms with Gasteiger partial charge in [-0.1, -0.05) is 45.1 Å². The van der Waals surface area contributed by atoms with Crippen LogP contribution in [0.25, 0.3) is 0 Å². The molecule has 3 amide bonds. The zero-order valence-corrected chi connectivity index (χ0v) is 27.5. The van der Waals surface area contributed by atoms with E-state index in [4.69, 9.17) is 14.2 Å². The van der Waals surface area contributed by atoms with Crippen molar-refractivity contribution in [3.63, 3.8) is 0 Å². The van der Waals surface area contributed by atoms with E-state index in [1.54, 1.807) is 14.7 Å². The third-order valence-corrected chi connectivity index (χ3v) is 10.5. The van der Waals surface area contributed by atoms with Gasteiger partial charge in [0.2, 0.25) is 17.7 Å². The lowest BCUT2D eigenvalue weighted by Gasteiger charge is -2.42. The van der Waals surface area contributed by atoms with E-state index in [0.717, 1.165) is 13.1 Å². The molecule has 0 radical (unpaired) electrons. The Balaban J connectivity index is 1.40. The van der Waals surface area contributed by atoms with Gasteiger partial charge in [0.05, 0.1) is 49.9 Å². The number of benzene rings is 1. The van der Waals surface area contributed by atoms with E-state index in [1.165, 1.54) is 0 Å². The molecule has 250 valence electrons. The minimum Gasteiger partial charge on any atom is -0.494 e. The van der Waals surface area contributed by atoms with Crippen LogP contribution in [0.4, 0.5) is 5.69 Å². The lowest BCUT2D eigenvalue weighted by atomic mass is 9.73. The van der Waals surface area contributed by atoms with E-state index >= 15 is 0 Å². The SMILES string of the molecule is CCOc1ccc(N2CC=C[C@]3(CC)O[C@]45C=CCN(CCN6CCOCC6)C(=O)C4N([C@@H](CO)C(C)C)C(=O)[C@@H]5[C@@H]3C2=O)cc1. The number of hydrogen-bond acceptors (Lipinski definition) is 8. The van der Waals surface area contributed by atoms with E-state index in [0.29, 0.717) is 63.9 Å². The van der Waals surface area contributed by atoms with Crippen LogP contribution in [0.15, 0.2) is 48.6 Å². The number of morpholine rings is 1. The van der Waals surface area contributed by atoms with Crippen molar-refractivity contribution in [2.24, 2.45) is 17.8 Å². The lowest BCUT2D eigenvalue weighted by molar-refractivity contribution is -0.156. The third-order valence-electron chi connectivity index (χ3n) is 10.5. The van der Waals surface area contributed by atoms with Crippen LogP contribution in [0.3, 0.4) is 0 Å². The largest absolute Gasteiger partial charge is 0.494 e. The van der Waals surface area contributed by atoms with E-state index in [-0.39, 0.29) is 30.2 Å². The molecule has 1 N–H and O–H groups in total. The maximum Gasteiger partial charge on any atom is 0.249 e. The summed E-state index contributed by atoms with van der Waals surface area (Å²) in [5.41, 5.74) is -1.75. The van der Waals surface area contributed by atoms with Crippen LogP contribution < -0.4 is 9.64 Å². The quantitative estimate of drug-likeness (QED) is 0.389. The molecule has 1 unspecified atom stereocenters. The van der Waals surface area contributed by atoms with Gasteiger partial charge in [-0.3, -0.25) is 19.3 Å². The van der Waals surface area contributed by atoms with Crippen molar-refractivity contribution >= 4 is 23.4 Å². The number of aliphatic hydroxyl groups is 1. The molecule has 0 aliphatic carbocycles. The monoisotopic (exact) mass is 636 g/mol. The zero-order valence-electron chi connectivity index (χ0n) is 27.5. The summed E-state index contributed by atoms with van der Waals surface area (Å²) in [7, 11) is 0. The van der Waals surface area contributed by atoms with Gasteiger partial charge in [-0.15, -0.1) is 0 Å². The number of amides is 3. The predicted octanol–water partition coefficient (Wildman–Crippen LogP) is 2.10. The molecule has 0 saturated carbocycles. The molecule has 1 aromatic carbocycles. The number of carbonyl (C=O) groups excluding carboxylic acids is 3. The molecule has 5 aliphatic rings. The number of likely N-dealkylation sites (tertiary alicyclic amines) is 1. The van der Waals surface area contributed by atoms with Gasteiger partial charge in [-0.2, -0.15) is 0 Å². The fraction of sp³-hybridized carbons (Fsp3) is 0.629. The van der Waals surface area contributed by atoms with Crippen LogP contribution in [0.2, 0.25) is 0 Å². The molecule has 0 bridgehead atoms. The van der Waals surface area contributed by atoms with Crippen LogP contribution in [-0.4, -0.2) is 127 Å². The second kappa shape index (κ2) is 13.1. The average molecular weight is 637 g/mol. The molecule has 5 heterocycles. The molecule has 1 spiro atoms. The minimum atomic E-state index is -1.37. The van der Waals surface area contributed by atoms with Gasteiger partial charge >= 0.3 is 0 Å². The minimum absolute atomic E-state index is 0.132. The number of aliphatic hydroxyl groups excluding tert-OH is 1. The molecule has 6 rings (SSSR count). The highest BCUT2D eigenvalue weighted by Gasteiger charge is 2.76. The summed E-state index contributed by atoms with van der Waals surface area (Å²) < 4.78 is 18.2. The van der Waals surface area contributed by atoms with E-state index < -0.39 is 35.1 Å². The van der Waals surface area contributed by atoms with Crippen molar-refractivity contribution < 1.29 is 33.7 Å². The van der Waals surface area contributed by atoms with E-state index in [2.05, 4.69) is 4.90 Å². The van der Waals surface area contributed by atoms with Crippen LogP contribution in [0.5, 0.6) is 5.75 Å². The van der Waals surface area contributed by atoms with Crippen LogP contribution in [0, 0.1) is 17.8 Å². The first kappa shape index (κ1) is 32.7.